The van der Waals surface area contributed by atoms with E-state index in [2.05, 4.69) is 0 Å². The summed E-state index contributed by atoms with van der Waals surface area (Å²) in [5, 5.41) is 18.9. The largest absolute Gasteiger partial charge is 0.480 e. The zero-order valence-electron chi connectivity index (χ0n) is 12.4. The van der Waals surface area contributed by atoms with Gasteiger partial charge in [0.2, 0.25) is 0 Å². The van der Waals surface area contributed by atoms with E-state index in [0.717, 1.165) is 5.56 Å². The Bertz CT molecular complexity index is 471. The number of carboxylic acids is 1. The molecular formula is C16H22O5. The van der Waals surface area contributed by atoms with Crippen molar-refractivity contribution in [2.45, 2.75) is 26.7 Å². The van der Waals surface area contributed by atoms with Crippen LogP contribution in [0.5, 0.6) is 0 Å². The molecule has 0 amide bonds. The first-order chi connectivity index (χ1) is 9.96. The fourth-order valence-electron chi connectivity index (χ4n) is 2.35. The van der Waals surface area contributed by atoms with E-state index in [9.17, 15) is 19.8 Å². The summed E-state index contributed by atoms with van der Waals surface area (Å²) in [6.45, 7) is 3.30. The molecule has 1 aromatic carbocycles. The third-order valence-corrected chi connectivity index (χ3v) is 3.43. The van der Waals surface area contributed by atoms with Crippen molar-refractivity contribution in [1.82, 2.24) is 0 Å². The van der Waals surface area contributed by atoms with E-state index in [0.29, 0.717) is 0 Å². The SMILES string of the molecule is CCOC(=O)C(Cc1ccccc1)(CC(C)CO)C(=O)O. The van der Waals surface area contributed by atoms with Crippen LogP contribution in [0.15, 0.2) is 30.3 Å². The molecule has 2 unspecified atom stereocenters. The summed E-state index contributed by atoms with van der Waals surface area (Å²) in [6.07, 6.45) is 0.0822. The van der Waals surface area contributed by atoms with Crippen LogP contribution < -0.4 is 0 Å². The molecular weight excluding hydrogens is 272 g/mol. The number of aliphatic carboxylic acids is 1. The lowest BCUT2D eigenvalue weighted by Crippen LogP contribution is -2.44. The molecule has 116 valence electrons. The van der Waals surface area contributed by atoms with Crippen molar-refractivity contribution in [2.24, 2.45) is 11.3 Å². The predicted molar refractivity (Wildman–Crippen MR) is 77.7 cm³/mol. The van der Waals surface area contributed by atoms with Gasteiger partial charge in [-0.05, 0) is 31.2 Å². The lowest BCUT2D eigenvalue weighted by molar-refractivity contribution is -0.170. The minimum absolute atomic E-state index is 0.0343. The van der Waals surface area contributed by atoms with E-state index in [1.807, 2.05) is 6.07 Å². The molecule has 0 fully saturated rings. The van der Waals surface area contributed by atoms with Crippen LogP contribution in [0.1, 0.15) is 25.8 Å². The number of carbonyl (C=O) groups is 2. The van der Waals surface area contributed by atoms with Crippen LogP contribution in [0.25, 0.3) is 0 Å². The third-order valence-electron chi connectivity index (χ3n) is 3.43. The van der Waals surface area contributed by atoms with E-state index in [1.54, 1.807) is 38.1 Å². The van der Waals surface area contributed by atoms with E-state index in [4.69, 9.17) is 4.74 Å². The maximum Gasteiger partial charge on any atom is 0.323 e. The highest BCUT2D eigenvalue weighted by atomic mass is 16.5. The average molecular weight is 294 g/mol. The second kappa shape index (κ2) is 7.78. The highest BCUT2D eigenvalue weighted by Gasteiger charge is 2.48. The molecule has 5 heteroatoms. The van der Waals surface area contributed by atoms with Crippen molar-refractivity contribution >= 4 is 11.9 Å². The van der Waals surface area contributed by atoms with Gasteiger partial charge in [-0.2, -0.15) is 0 Å². The van der Waals surface area contributed by atoms with Gasteiger partial charge in [-0.3, -0.25) is 9.59 Å². The first kappa shape index (κ1) is 17.2. The molecule has 0 spiro atoms. The number of rotatable bonds is 8. The number of benzene rings is 1. The van der Waals surface area contributed by atoms with Crippen molar-refractivity contribution in [3.05, 3.63) is 35.9 Å². The van der Waals surface area contributed by atoms with E-state index in [-0.39, 0.29) is 32.0 Å². The number of hydrogen-bond donors (Lipinski definition) is 2. The lowest BCUT2D eigenvalue weighted by Gasteiger charge is -2.29. The first-order valence-electron chi connectivity index (χ1n) is 7.01. The Kier molecular flexibility index (Phi) is 6.37. The molecule has 0 saturated carbocycles. The second-order valence-electron chi connectivity index (χ2n) is 5.26. The van der Waals surface area contributed by atoms with Crippen molar-refractivity contribution in [3.8, 4) is 0 Å². The summed E-state index contributed by atoms with van der Waals surface area (Å²) in [5.41, 5.74) is -0.919. The van der Waals surface area contributed by atoms with Gasteiger partial charge in [0.15, 0.2) is 5.41 Å². The van der Waals surface area contributed by atoms with Gasteiger partial charge in [-0.25, -0.2) is 0 Å². The van der Waals surface area contributed by atoms with Crippen LogP contribution in [0.4, 0.5) is 0 Å². The van der Waals surface area contributed by atoms with Crippen molar-refractivity contribution < 1.29 is 24.5 Å². The highest BCUT2D eigenvalue weighted by molar-refractivity contribution is 5.99. The lowest BCUT2D eigenvalue weighted by atomic mass is 9.75. The number of aliphatic hydroxyl groups is 1. The molecule has 21 heavy (non-hydrogen) atoms. The molecule has 1 rings (SSSR count). The van der Waals surface area contributed by atoms with E-state index < -0.39 is 17.4 Å². The zero-order chi connectivity index (χ0) is 15.9. The second-order valence-corrected chi connectivity index (χ2v) is 5.26. The molecule has 0 saturated heterocycles. The summed E-state index contributed by atoms with van der Waals surface area (Å²) in [7, 11) is 0. The minimum atomic E-state index is -1.67. The minimum Gasteiger partial charge on any atom is -0.480 e. The van der Waals surface area contributed by atoms with Crippen LogP contribution in [0.3, 0.4) is 0 Å². The zero-order valence-corrected chi connectivity index (χ0v) is 12.4. The molecule has 0 aliphatic carbocycles. The number of carbonyl (C=O) groups excluding carboxylic acids is 1. The molecule has 0 aliphatic heterocycles. The molecule has 0 aliphatic rings. The van der Waals surface area contributed by atoms with Gasteiger partial charge >= 0.3 is 11.9 Å². The van der Waals surface area contributed by atoms with E-state index in [1.165, 1.54) is 0 Å². The number of carboxylic acid groups (broad SMARTS) is 1. The fourth-order valence-corrected chi connectivity index (χ4v) is 2.35. The number of ether oxygens (including phenoxy) is 1. The number of hydrogen-bond acceptors (Lipinski definition) is 4. The van der Waals surface area contributed by atoms with Crippen LogP contribution in [-0.2, 0) is 20.7 Å². The molecule has 0 heterocycles. The Morgan fingerprint density at radius 2 is 1.90 bits per heavy atom. The summed E-state index contributed by atoms with van der Waals surface area (Å²) >= 11 is 0. The normalized spacial score (nSPS) is 15.0. The summed E-state index contributed by atoms with van der Waals surface area (Å²) in [4.78, 5) is 24.1. The standard InChI is InChI=1S/C16H22O5/c1-3-21-15(20)16(14(18)19,9-12(2)11-17)10-13-7-5-4-6-8-13/h4-8,12,17H,3,9-11H2,1-2H3,(H,18,19). The topological polar surface area (TPSA) is 83.8 Å². The number of esters is 1. The first-order valence-corrected chi connectivity index (χ1v) is 7.01. The van der Waals surface area contributed by atoms with Gasteiger partial charge in [0.05, 0.1) is 6.61 Å². The summed E-state index contributed by atoms with van der Waals surface area (Å²) in [5.74, 6) is -2.28. The molecule has 5 nitrogen and oxygen atoms in total. The third kappa shape index (κ3) is 4.29. The van der Waals surface area contributed by atoms with Crippen molar-refractivity contribution in [1.29, 1.82) is 0 Å². The molecule has 1 aromatic rings. The summed E-state index contributed by atoms with van der Waals surface area (Å²) in [6, 6.07) is 8.97. The Morgan fingerprint density at radius 1 is 1.29 bits per heavy atom. The summed E-state index contributed by atoms with van der Waals surface area (Å²) < 4.78 is 4.98. The fraction of sp³-hybridized carbons (Fsp3) is 0.500. The highest BCUT2D eigenvalue weighted by Crippen LogP contribution is 2.33. The molecule has 0 bridgehead atoms. The molecule has 0 radical (unpaired) electrons. The van der Waals surface area contributed by atoms with Crippen LogP contribution in [-0.4, -0.2) is 35.4 Å². The number of aliphatic hydroxyl groups excluding tert-OH is 1. The van der Waals surface area contributed by atoms with Crippen molar-refractivity contribution in [3.63, 3.8) is 0 Å². The Morgan fingerprint density at radius 3 is 2.38 bits per heavy atom. The van der Waals surface area contributed by atoms with Gasteiger partial charge in [0.25, 0.3) is 0 Å². The van der Waals surface area contributed by atoms with E-state index >= 15 is 0 Å². The monoisotopic (exact) mass is 294 g/mol. The smallest absolute Gasteiger partial charge is 0.323 e. The van der Waals surface area contributed by atoms with Crippen LogP contribution in [0.2, 0.25) is 0 Å². The Hall–Kier alpha value is -1.88. The van der Waals surface area contributed by atoms with Gasteiger partial charge in [0.1, 0.15) is 0 Å². The van der Waals surface area contributed by atoms with Gasteiger partial charge < -0.3 is 14.9 Å². The Labute approximate surface area is 124 Å². The quantitative estimate of drug-likeness (QED) is 0.565. The van der Waals surface area contributed by atoms with Gasteiger partial charge in [-0.15, -0.1) is 0 Å². The van der Waals surface area contributed by atoms with Crippen LogP contribution in [0, 0.1) is 11.3 Å². The average Bonchev–Trinajstić information content (AvgIpc) is 2.47. The molecule has 2 atom stereocenters. The van der Waals surface area contributed by atoms with Gasteiger partial charge in [-0.1, -0.05) is 37.3 Å². The van der Waals surface area contributed by atoms with Gasteiger partial charge in [0, 0.05) is 6.61 Å². The molecule has 2 N–H and O–H groups in total. The maximum absolute atomic E-state index is 12.3. The van der Waals surface area contributed by atoms with Crippen molar-refractivity contribution in [2.75, 3.05) is 13.2 Å². The predicted octanol–water partition coefficient (Wildman–Crippen LogP) is 1.88. The van der Waals surface area contributed by atoms with Crippen LogP contribution >= 0.6 is 0 Å². The maximum atomic E-state index is 12.3. The molecule has 0 aromatic heterocycles. The Balaban J connectivity index is 3.16.